The normalized spacial score (nSPS) is 11.4. The zero-order valence-corrected chi connectivity index (χ0v) is 17.2. The fourth-order valence-corrected chi connectivity index (χ4v) is 3.30. The highest BCUT2D eigenvalue weighted by Gasteiger charge is 2.10. The second-order valence-electron chi connectivity index (χ2n) is 6.24. The Bertz CT molecular complexity index is 1070. The Balaban J connectivity index is 1.77. The molecular formula is C23H22N4OS. The lowest BCUT2D eigenvalue weighted by Gasteiger charge is -2.11. The molecule has 0 aliphatic carbocycles. The van der Waals surface area contributed by atoms with Gasteiger partial charge in [0.25, 0.3) is 5.91 Å². The van der Waals surface area contributed by atoms with Gasteiger partial charge in [-0.15, -0.1) is 11.3 Å². The number of pyridine rings is 1. The number of amides is 1. The second-order valence-corrected chi connectivity index (χ2v) is 7.10. The summed E-state index contributed by atoms with van der Waals surface area (Å²) in [6.45, 7) is 7.60. The quantitative estimate of drug-likeness (QED) is 0.382. The number of carbonyl (C=O) groups is 1. The van der Waals surface area contributed by atoms with Gasteiger partial charge in [-0.2, -0.15) is 0 Å². The smallest absolute Gasteiger partial charge is 0.255 e. The molecule has 0 radical (unpaired) electrons. The maximum Gasteiger partial charge on any atom is 0.255 e. The first kappa shape index (κ1) is 20.2. The molecule has 0 unspecified atom stereocenters. The van der Waals surface area contributed by atoms with Crippen molar-refractivity contribution >= 4 is 33.8 Å². The van der Waals surface area contributed by atoms with E-state index in [2.05, 4.69) is 27.2 Å². The summed E-state index contributed by atoms with van der Waals surface area (Å²) in [5.41, 5.74) is 4.97. The van der Waals surface area contributed by atoms with Crippen molar-refractivity contribution in [1.29, 1.82) is 0 Å². The molecule has 2 N–H and O–H groups in total. The maximum absolute atomic E-state index is 12.4. The number of hydrogen-bond acceptors (Lipinski definition) is 5. The van der Waals surface area contributed by atoms with E-state index in [0.29, 0.717) is 11.3 Å². The fourth-order valence-electron chi connectivity index (χ4n) is 2.57. The number of aromatic nitrogens is 2. The van der Waals surface area contributed by atoms with E-state index in [0.717, 1.165) is 27.6 Å². The number of carbonyl (C=O) groups excluding carboxylic acids is 1. The van der Waals surface area contributed by atoms with Crippen LogP contribution < -0.4 is 10.6 Å². The summed E-state index contributed by atoms with van der Waals surface area (Å²) < 4.78 is 0. The van der Waals surface area contributed by atoms with E-state index in [9.17, 15) is 4.79 Å². The van der Waals surface area contributed by atoms with Crippen molar-refractivity contribution in [2.45, 2.75) is 13.8 Å². The van der Waals surface area contributed by atoms with Gasteiger partial charge in [0.05, 0.1) is 5.69 Å². The van der Waals surface area contributed by atoms with E-state index in [4.69, 9.17) is 0 Å². The SMILES string of the molecule is C=C/C(=C\C=C/C)C(=O)Nc1ccc(C)c(Nc2nc(-c3cccnc3)cs2)c1. The van der Waals surface area contributed by atoms with Gasteiger partial charge >= 0.3 is 0 Å². The van der Waals surface area contributed by atoms with Crippen molar-refractivity contribution in [2.24, 2.45) is 0 Å². The molecule has 2 aromatic heterocycles. The van der Waals surface area contributed by atoms with E-state index in [-0.39, 0.29) is 5.91 Å². The molecule has 3 aromatic rings. The predicted molar refractivity (Wildman–Crippen MR) is 122 cm³/mol. The number of rotatable bonds is 7. The van der Waals surface area contributed by atoms with Crippen molar-refractivity contribution in [3.8, 4) is 11.3 Å². The summed E-state index contributed by atoms with van der Waals surface area (Å²) in [4.78, 5) is 21.2. The van der Waals surface area contributed by atoms with Crippen molar-refractivity contribution in [3.63, 3.8) is 0 Å². The third-order valence-electron chi connectivity index (χ3n) is 4.15. The number of benzene rings is 1. The molecule has 2 heterocycles. The topological polar surface area (TPSA) is 66.9 Å². The van der Waals surface area contributed by atoms with E-state index in [1.807, 2.05) is 55.6 Å². The Hall–Kier alpha value is -3.51. The van der Waals surface area contributed by atoms with E-state index < -0.39 is 0 Å². The first-order valence-corrected chi connectivity index (χ1v) is 9.99. The Morgan fingerprint density at radius 1 is 1.28 bits per heavy atom. The van der Waals surface area contributed by atoms with Crippen LogP contribution in [0.3, 0.4) is 0 Å². The number of aryl methyl sites for hydroxylation is 1. The zero-order chi connectivity index (χ0) is 20.6. The molecule has 0 saturated carbocycles. The highest BCUT2D eigenvalue weighted by molar-refractivity contribution is 7.14. The summed E-state index contributed by atoms with van der Waals surface area (Å²) >= 11 is 1.52. The largest absolute Gasteiger partial charge is 0.331 e. The highest BCUT2D eigenvalue weighted by Crippen LogP contribution is 2.29. The number of hydrogen-bond donors (Lipinski definition) is 2. The lowest BCUT2D eigenvalue weighted by atomic mass is 10.1. The molecule has 0 bridgehead atoms. The van der Waals surface area contributed by atoms with Gasteiger partial charge in [-0.05, 0) is 49.8 Å². The first-order valence-electron chi connectivity index (χ1n) is 9.11. The minimum Gasteiger partial charge on any atom is -0.331 e. The van der Waals surface area contributed by atoms with E-state index in [1.54, 1.807) is 24.5 Å². The van der Waals surface area contributed by atoms with Crippen LogP contribution in [0.4, 0.5) is 16.5 Å². The van der Waals surface area contributed by atoms with Crippen molar-refractivity contribution < 1.29 is 4.79 Å². The Labute approximate surface area is 174 Å². The third kappa shape index (κ3) is 5.27. The number of thiazole rings is 1. The summed E-state index contributed by atoms with van der Waals surface area (Å²) in [7, 11) is 0. The van der Waals surface area contributed by atoms with Gasteiger partial charge in [-0.25, -0.2) is 4.98 Å². The lowest BCUT2D eigenvalue weighted by molar-refractivity contribution is -0.112. The number of allylic oxidation sites excluding steroid dienone is 3. The second kappa shape index (κ2) is 9.61. The molecule has 6 heteroatoms. The molecular weight excluding hydrogens is 380 g/mol. The molecule has 5 nitrogen and oxygen atoms in total. The van der Waals surface area contributed by atoms with E-state index in [1.165, 1.54) is 17.4 Å². The molecule has 0 aliphatic rings. The van der Waals surface area contributed by atoms with Crippen LogP contribution in [0.15, 0.2) is 84.6 Å². The molecule has 0 atom stereocenters. The molecule has 29 heavy (non-hydrogen) atoms. The van der Waals surface area contributed by atoms with Crippen molar-refractivity contribution in [1.82, 2.24) is 9.97 Å². The fraction of sp³-hybridized carbons (Fsp3) is 0.0870. The minimum absolute atomic E-state index is 0.207. The summed E-state index contributed by atoms with van der Waals surface area (Å²) in [5, 5.41) is 9.01. The molecule has 1 amide bonds. The summed E-state index contributed by atoms with van der Waals surface area (Å²) in [6, 6.07) is 9.59. The van der Waals surface area contributed by atoms with Gasteiger partial charge in [-0.1, -0.05) is 30.9 Å². The average Bonchev–Trinajstić information content (AvgIpc) is 3.20. The van der Waals surface area contributed by atoms with Gasteiger partial charge in [0, 0.05) is 40.3 Å². The molecule has 0 spiro atoms. The number of anilines is 3. The van der Waals surface area contributed by atoms with Gasteiger partial charge in [-0.3, -0.25) is 9.78 Å². The minimum atomic E-state index is -0.207. The number of nitrogens with one attached hydrogen (secondary N) is 2. The molecule has 0 saturated heterocycles. The number of nitrogens with zero attached hydrogens (tertiary/aromatic N) is 2. The third-order valence-corrected chi connectivity index (χ3v) is 4.91. The van der Waals surface area contributed by atoms with Crippen molar-refractivity contribution in [3.05, 3.63) is 90.1 Å². The van der Waals surface area contributed by atoms with Crippen LogP contribution in [0.2, 0.25) is 0 Å². The predicted octanol–water partition coefficient (Wildman–Crippen LogP) is 5.88. The molecule has 3 rings (SSSR count). The van der Waals surface area contributed by atoms with Crippen LogP contribution in [0.1, 0.15) is 12.5 Å². The van der Waals surface area contributed by atoms with Crippen molar-refractivity contribution in [2.75, 3.05) is 10.6 Å². The molecule has 146 valence electrons. The zero-order valence-electron chi connectivity index (χ0n) is 16.3. The first-order chi connectivity index (χ1) is 14.1. The Morgan fingerprint density at radius 2 is 2.14 bits per heavy atom. The van der Waals surface area contributed by atoms with E-state index >= 15 is 0 Å². The van der Waals surface area contributed by atoms with Gasteiger partial charge in [0.15, 0.2) is 5.13 Å². The van der Waals surface area contributed by atoms with Crippen LogP contribution >= 0.6 is 11.3 Å². The molecule has 1 aromatic carbocycles. The monoisotopic (exact) mass is 402 g/mol. The van der Waals surface area contributed by atoms with Gasteiger partial charge in [0.2, 0.25) is 0 Å². The lowest BCUT2D eigenvalue weighted by Crippen LogP contribution is -2.13. The average molecular weight is 403 g/mol. The van der Waals surface area contributed by atoms with Crippen LogP contribution in [-0.4, -0.2) is 15.9 Å². The standard InChI is InChI=1S/C23H22N4OS/c1-4-6-8-17(5-2)22(28)25-19-11-10-16(3)20(13-19)26-23-27-21(15-29-23)18-9-7-12-24-14-18/h4-15H,2H2,1,3H3,(H,25,28)(H,26,27)/b6-4-,17-8+. The molecule has 0 fully saturated rings. The Morgan fingerprint density at radius 3 is 2.86 bits per heavy atom. The highest BCUT2D eigenvalue weighted by atomic mass is 32.1. The molecule has 0 aliphatic heterocycles. The van der Waals surface area contributed by atoms with Crippen LogP contribution in [0.25, 0.3) is 11.3 Å². The summed E-state index contributed by atoms with van der Waals surface area (Å²) in [6.07, 6.45) is 10.5. The van der Waals surface area contributed by atoms with Crippen LogP contribution in [0.5, 0.6) is 0 Å². The van der Waals surface area contributed by atoms with Gasteiger partial charge in [0.1, 0.15) is 0 Å². The van der Waals surface area contributed by atoms with Gasteiger partial charge < -0.3 is 10.6 Å². The Kier molecular flexibility index (Phi) is 6.71. The maximum atomic E-state index is 12.4. The van der Waals surface area contributed by atoms with Crippen LogP contribution in [-0.2, 0) is 4.79 Å². The van der Waals surface area contributed by atoms with Crippen LogP contribution in [0, 0.1) is 6.92 Å². The summed E-state index contributed by atoms with van der Waals surface area (Å²) in [5.74, 6) is -0.207.